The average molecular weight is 385 g/mol. The van der Waals surface area contributed by atoms with Crippen LogP contribution in [0.5, 0.6) is 5.75 Å². The first-order chi connectivity index (χ1) is 13.1. The van der Waals surface area contributed by atoms with Crippen LogP contribution in [0.4, 0.5) is 0 Å². The van der Waals surface area contributed by atoms with Gasteiger partial charge in [0.25, 0.3) is 11.1 Å². The second kappa shape index (κ2) is 6.66. The van der Waals surface area contributed by atoms with Crippen LogP contribution in [0.25, 0.3) is 11.5 Å². The number of Topliss-reactive ketones (excluding diaryl/α,β-unsaturated/α-hetero) is 1. The number of carbonyl (C=O) groups excluding carboxylic acids is 1. The van der Waals surface area contributed by atoms with Crippen LogP contribution in [-0.4, -0.2) is 28.8 Å². The maximum absolute atomic E-state index is 13.1. The third-order valence-corrected chi connectivity index (χ3v) is 7.52. The monoisotopic (exact) mass is 384 g/mol. The van der Waals surface area contributed by atoms with Crippen LogP contribution in [0.15, 0.2) is 33.9 Å². The number of aromatic nitrogens is 2. The second-order valence-electron chi connectivity index (χ2n) is 8.48. The molecule has 4 aliphatic carbocycles. The molecule has 0 amide bonds. The largest absolute Gasteiger partial charge is 0.496 e. The van der Waals surface area contributed by atoms with Crippen LogP contribution in [0.1, 0.15) is 38.5 Å². The van der Waals surface area contributed by atoms with Gasteiger partial charge in [-0.05, 0) is 68.4 Å². The molecule has 6 heteroatoms. The van der Waals surface area contributed by atoms with E-state index in [0.717, 1.165) is 42.6 Å². The molecular weight excluding hydrogens is 360 g/mol. The summed E-state index contributed by atoms with van der Waals surface area (Å²) >= 11 is 1.38. The van der Waals surface area contributed by atoms with E-state index >= 15 is 0 Å². The highest BCUT2D eigenvalue weighted by Crippen LogP contribution is 2.60. The SMILES string of the molecule is COc1ccccc1-c1nnc(SCC(=O)C23CC4CC(CC(C4)C2)C3)o1. The van der Waals surface area contributed by atoms with Crippen LogP contribution in [-0.2, 0) is 4.79 Å². The Morgan fingerprint density at radius 3 is 2.48 bits per heavy atom. The number of carbonyl (C=O) groups is 1. The van der Waals surface area contributed by atoms with Crippen molar-refractivity contribution in [3.63, 3.8) is 0 Å². The first-order valence-electron chi connectivity index (χ1n) is 9.78. The zero-order chi connectivity index (χ0) is 18.4. The van der Waals surface area contributed by atoms with Gasteiger partial charge in [-0.25, -0.2) is 0 Å². The highest BCUT2D eigenvalue weighted by atomic mass is 32.2. The molecule has 0 saturated heterocycles. The van der Waals surface area contributed by atoms with Gasteiger partial charge >= 0.3 is 0 Å². The topological polar surface area (TPSA) is 65.2 Å². The molecule has 4 fully saturated rings. The molecule has 0 aliphatic heterocycles. The molecule has 1 aromatic heterocycles. The number of para-hydroxylation sites is 1. The Hall–Kier alpha value is -1.82. The Labute approximate surface area is 163 Å². The number of methoxy groups -OCH3 is 1. The van der Waals surface area contributed by atoms with Gasteiger partial charge in [0.1, 0.15) is 11.5 Å². The molecule has 0 radical (unpaired) electrons. The van der Waals surface area contributed by atoms with Crippen molar-refractivity contribution in [2.24, 2.45) is 23.2 Å². The third-order valence-electron chi connectivity index (χ3n) is 6.70. The van der Waals surface area contributed by atoms with Gasteiger partial charge in [-0.3, -0.25) is 4.79 Å². The zero-order valence-electron chi connectivity index (χ0n) is 15.5. The molecule has 4 bridgehead atoms. The number of ether oxygens (including phenoxy) is 1. The molecule has 0 spiro atoms. The van der Waals surface area contributed by atoms with Crippen molar-refractivity contribution in [2.75, 3.05) is 12.9 Å². The lowest BCUT2D eigenvalue weighted by atomic mass is 9.48. The maximum atomic E-state index is 13.1. The molecule has 142 valence electrons. The highest BCUT2D eigenvalue weighted by molar-refractivity contribution is 7.99. The van der Waals surface area contributed by atoms with E-state index in [1.54, 1.807) is 7.11 Å². The van der Waals surface area contributed by atoms with Crippen LogP contribution >= 0.6 is 11.8 Å². The normalized spacial score (nSPS) is 31.2. The minimum Gasteiger partial charge on any atom is -0.496 e. The Morgan fingerprint density at radius 1 is 1.15 bits per heavy atom. The van der Waals surface area contributed by atoms with E-state index in [0.29, 0.717) is 28.4 Å². The standard InChI is InChI=1S/C21H24N2O3S/c1-25-17-5-3-2-4-16(17)19-22-23-20(26-19)27-12-18(24)21-9-13-6-14(10-21)8-15(7-13)11-21/h2-5,13-15H,6-12H2,1H3. The molecule has 2 aromatic rings. The fraction of sp³-hybridized carbons (Fsp3) is 0.571. The Morgan fingerprint density at radius 2 is 1.81 bits per heavy atom. The predicted octanol–water partition coefficient (Wildman–Crippen LogP) is 4.62. The Balaban J connectivity index is 1.27. The van der Waals surface area contributed by atoms with E-state index in [-0.39, 0.29) is 5.41 Å². The van der Waals surface area contributed by atoms with Gasteiger partial charge < -0.3 is 9.15 Å². The lowest BCUT2D eigenvalue weighted by Crippen LogP contribution is -2.50. The average Bonchev–Trinajstić information content (AvgIpc) is 3.14. The Bertz CT molecular complexity index is 827. The van der Waals surface area contributed by atoms with Gasteiger partial charge in [0.2, 0.25) is 0 Å². The molecule has 4 saturated carbocycles. The number of nitrogens with zero attached hydrogens (tertiary/aromatic N) is 2. The number of hydrogen-bond donors (Lipinski definition) is 0. The van der Waals surface area contributed by atoms with E-state index in [1.165, 1.54) is 31.0 Å². The van der Waals surface area contributed by atoms with Crippen molar-refractivity contribution in [1.82, 2.24) is 10.2 Å². The smallest absolute Gasteiger partial charge is 0.277 e. The van der Waals surface area contributed by atoms with Gasteiger partial charge in [-0.1, -0.05) is 23.9 Å². The maximum Gasteiger partial charge on any atom is 0.277 e. The number of benzene rings is 1. The van der Waals surface area contributed by atoms with Crippen molar-refractivity contribution in [3.8, 4) is 17.2 Å². The summed E-state index contributed by atoms with van der Waals surface area (Å²) < 4.78 is 11.1. The highest BCUT2D eigenvalue weighted by Gasteiger charge is 2.54. The molecule has 1 heterocycles. The van der Waals surface area contributed by atoms with Gasteiger partial charge in [-0.2, -0.15) is 0 Å². The third kappa shape index (κ3) is 3.08. The lowest BCUT2D eigenvalue weighted by Gasteiger charge is -2.55. The number of ketones is 1. The summed E-state index contributed by atoms with van der Waals surface area (Å²) in [6, 6.07) is 7.56. The number of rotatable bonds is 6. The molecular formula is C21H24N2O3S. The van der Waals surface area contributed by atoms with E-state index < -0.39 is 0 Å². The summed E-state index contributed by atoms with van der Waals surface area (Å²) in [5.41, 5.74) is 0.708. The molecule has 4 aliphatic rings. The minimum atomic E-state index is -0.0623. The molecule has 5 nitrogen and oxygen atoms in total. The summed E-state index contributed by atoms with van der Waals surface area (Å²) in [6.07, 6.45) is 7.38. The van der Waals surface area contributed by atoms with Crippen molar-refractivity contribution >= 4 is 17.5 Å². The van der Waals surface area contributed by atoms with Gasteiger partial charge in [0, 0.05) is 5.41 Å². The number of hydrogen-bond acceptors (Lipinski definition) is 6. The van der Waals surface area contributed by atoms with Crippen molar-refractivity contribution in [1.29, 1.82) is 0 Å². The number of thioether (sulfide) groups is 1. The first kappa shape index (κ1) is 17.3. The summed E-state index contributed by atoms with van der Waals surface area (Å²) in [5, 5.41) is 8.71. The van der Waals surface area contributed by atoms with Gasteiger partial charge in [0.05, 0.1) is 18.4 Å². The fourth-order valence-electron chi connectivity index (χ4n) is 5.93. The lowest BCUT2D eigenvalue weighted by molar-refractivity contribution is -0.141. The van der Waals surface area contributed by atoms with Crippen LogP contribution in [0.2, 0.25) is 0 Å². The summed E-state index contributed by atoms with van der Waals surface area (Å²) in [6.45, 7) is 0. The fourth-order valence-corrected chi connectivity index (χ4v) is 6.73. The second-order valence-corrected chi connectivity index (χ2v) is 9.41. The zero-order valence-corrected chi connectivity index (χ0v) is 16.3. The van der Waals surface area contributed by atoms with E-state index in [9.17, 15) is 4.79 Å². The van der Waals surface area contributed by atoms with E-state index in [1.807, 2.05) is 24.3 Å². The molecule has 1 aromatic carbocycles. The Kier molecular flexibility index (Phi) is 4.26. The van der Waals surface area contributed by atoms with Crippen LogP contribution in [0.3, 0.4) is 0 Å². The predicted molar refractivity (Wildman–Crippen MR) is 103 cm³/mol. The van der Waals surface area contributed by atoms with Crippen LogP contribution in [0, 0.1) is 23.2 Å². The summed E-state index contributed by atoms with van der Waals surface area (Å²) in [4.78, 5) is 13.1. The van der Waals surface area contributed by atoms with Gasteiger partial charge in [0.15, 0.2) is 0 Å². The summed E-state index contributed by atoms with van der Waals surface area (Å²) in [7, 11) is 1.62. The van der Waals surface area contributed by atoms with E-state index in [2.05, 4.69) is 10.2 Å². The van der Waals surface area contributed by atoms with Crippen molar-refractivity contribution < 1.29 is 13.9 Å². The van der Waals surface area contributed by atoms with Crippen molar-refractivity contribution in [2.45, 2.75) is 43.7 Å². The molecule has 0 N–H and O–H groups in total. The quantitative estimate of drug-likeness (QED) is 0.677. The minimum absolute atomic E-state index is 0.0623. The van der Waals surface area contributed by atoms with Crippen molar-refractivity contribution in [3.05, 3.63) is 24.3 Å². The molecule has 27 heavy (non-hydrogen) atoms. The molecule has 0 unspecified atom stereocenters. The van der Waals surface area contributed by atoms with Crippen LogP contribution < -0.4 is 4.74 Å². The van der Waals surface area contributed by atoms with Gasteiger partial charge in [-0.15, -0.1) is 10.2 Å². The first-order valence-corrected chi connectivity index (χ1v) is 10.8. The van der Waals surface area contributed by atoms with E-state index in [4.69, 9.17) is 9.15 Å². The molecule has 0 atom stereocenters. The summed E-state index contributed by atoms with van der Waals surface area (Å²) in [5.74, 6) is 4.30. The molecule has 6 rings (SSSR count).